The molecule has 9 rings (SSSR count). The molecule has 8 nitrogen and oxygen atoms in total. The molecule has 0 aliphatic carbocycles. The van der Waals surface area contributed by atoms with E-state index in [1.807, 2.05) is 119 Å². The summed E-state index contributed by atoms with van der Waals surface area (Å²) in [6, 6.07) is 28.3. The molecular weight excluding hydrogens is 738 g/mol. The largest absolute Gasteiger partial charge is 3.00 e. The summed E-state index contributed by atoms with van der Waals surface area (Å²) in [4.78, 5) is 35.7. The van der Waals surface area contributed by atoms with Crippen molar-refractivity contribution in [2.24, 2.45) is 0 Å². The molecule has 0 saturated carbocycles. The molecule has 0 fully saturated rings. The van der Waals surface area contributed by atoms with Gasteiger partial charge in [-0.2, -0.15) is 0 Å². The maximum Gasteiger partial charge on any atom is 3.00 e. The summed E-state index contributed by atoms with van der Waals surface area (Å²) in [5.41, 5.74) is 12.2. The van der Waals surface area contributed by atoms with Crippen LogP contribution in [0.25, 0.3) is 66.3 Å². The number of aryl methyl sites for hydroxylation is 4. The van der Waals surface area contributed by atoms with E-state index in [9.17, 15) is 0 Å². The third-order valence-corrected chi connectivity index (χ3v) is 8.87. The van der Waals surface area contributed by atoms with E-state index in [0.29, 0.717) is 0 Å². The molecule has 0 unspecified atom stereocenters. The third kappa shape index (κ3) is 8.09. The van der Waals surface area contributed by atoms with Gasteiger partial charge in [-0.15, -0.1) is 11.3 Å². The SMILES string of the molecule is Cc1ccc(-c2ccc(C)cn2)nc1.Cc1ccc(-c2ccc(C)cn2)nc1.[Ru+3].c1csc(-c2nc3c4cccnc4c4ncccc4c3[nH]2)c1. The van der Waals surface area contributed by atoms with E-state index in [0.717, 1.165) is 66.3 Å². The number of fused-ring (bicyclic) bond motifs is 6. The minimum absolute atomic E-state index is 0. The van der Waals surface area contributed by atoms with Crippen LogP contribution < -0.4 is 0 Å². The summed E-state index contributed by atoms with van der Waals surface area (Å²) in [5.74, 6) is 0.895. The van der Waals surface area contributed by atoms with Gasteiger partial charge in [-0.25, -0.2) is 4.98 Å². The summed E-state index contributed by atoms with van der Waals surface area (Å²) in [7, 11) is 0. The summed E-state index contributed by atoms with van der Waals surface area (Å²) >= 11 is 1.68. The summed E-state index contributed by atoms with van der Waals surface area (Å²) in [6.45, 7) is 8.11. The number of pyridine rings is 6. The van der Waals surface area contributed by atoms with Gasteiger partial charge in [0.25, 0.3) is 0 Å². The van der Waals surface area contributed by atoms with Crippen molar-refractivity contribution < 1.29 is 19.5 Å². The predicted octanol–water partition coefficient (Wildman–Crippen LogP) is 9.91. The Balaban J connectivity index is 0.000000137. The van der Waals surface area contributed by atoms with Gasteiger partial charge in [0.2, 0.25) is 0 Å². The minimum atomic E-state index is 0. The fourth-order valence-electron chi connectivity index (χ4n) is 5.35. The van der Waals surface area contributed by atoms with E-state index in [1.165, 1.54) is 22.3 Å². The zero-order valence-electron chi connectivity index (χ0n) is 28.5. The summed E-state index contributed by atoms with van der Waals surface area (Å²) in [5, 5.41) is 4.14. The molecular formula is C41H34N8RuS+3. The first-order valence-corrected chi connectivity index (χ1v) is 17.1. The van der Waals surface area contributed by atoms with Crippen molar-refractivity contribution in [3.05, 3.63) is 150 Å². The number of aromatic nitrogens is 8. The number of aromatic amines is 1. The summed E-state index contributed by atoms with van der Waals surface area (Å²) < 4.78 is 0. The van der Waals surface area contributed by atoms with E-state index in [4.69, 9.17) is 4.98 Å². The number of thiophene rings is 1. The molecule has 9 aromatic rings. The van der Waals surface area contributed by atoms with Gasteiger partial charge in [-0.05, 0) is 110 Å². The Morgan fingerprint density at radius 2 is 0.922 bits per heavy atom. The number of nitrogens with zero attached hydrogens (tertiary/aromatic N) is 7. The Morgan fingerprint density at radius 1 is 0.471 bits per heavy atom. The van der Waals surface area contributed by atoms with E-state index in [1.54, 1.807) is 23.7 Å². The number of nitrogens with one attached hydrogen (secondary N) is 1. The van der Waals surface area contributed by atoms with E-state index >= 15 is 0 Å². The second-order valence-electron chi connectivity index (χ2n) is 12.0. The molecule has 0 bridgehead atoms. The number of rotatable bonds is 3. The molecule has 8 aromatic heterocycles. The van der Waals surface area contributed by atoms with Crippen LogP contribution >= 0.6 is 11.3 Å². The summed E-state index contributed by atoms with van der Waals surface area (Å²) in [6.07, 6.45) is 11.0. The molecule has 1 aromatic carbocycles. The molecule has 249 valence electrons. The smallest absolute Gasteiger partial charge is 0.337 e. The maximum absolute atomic E-state index is 4.82. The van der Waals surface area contributed by atoms with Crippen LogP contribution in [0, 0.1) is 27.7 Å². The van der Waals surface area contributed by atoms with E-state index in [2.05, 4.69) is 58.5 Å². The van der Waals surface area contributed by atoms with Crippen LogP contribution in [-0.2, 0) is 19.5 Å². The molecule has 1 radical (unpaired) electrons. The van der Waals surface area contributed by atoms with Crippen molar-refractivity contribution in [2.75, 3.05) is 0 Å². The molecule has 51 heavy (non-hydrogen) atoms. The Labute approximate surface area is 313 Å². The van der Waals surface area contributed by atoms with Crippen LogP contribution in [0.3, 0.4) is 0 Å². The minimum Gasteiger partial charge on any atom is -0.337 e. The van der Waals surface area contributed by atoms with Gasteiger partial charge in [0, 0.05) is 48.0 Å². The first-order chi connectivity index (χ1) is 24.4. The first-order valence-electron chi connectivity index (χ1n) is 16.2. The molecule has 0 saturated heterocycles. The number of imidazole rings is 1. The quantitative estimate of drug-likeness (QED) is 0.141. The Kier molecular flexibility index (Phi) is 11.0. The van der Waals surface area contributed by atoms with Crippen molar-refractivity contribution in [3.63, 3.8) is 0 Å². The average Bonchev–Trinajstić information content (AvgIpc) is 3.86. The second kappa shape index (κ2) is 16.0. The fraction of sp³-hybridized carbons (Fsp3) is 0.0976. The van der Waals surface area contributed by atoms with Crippen molar-refractivity contribution >= 4 is 44.2 Å². The Morgan fingerprint density at radius 3 is 1.33 bits per heavy atom. The van der Waals surface area contributed by atoms with Crippen LogP contribution in [0.2, 0.25) is 0 Å². The normalized spacial score (nSPS) is 10.6. The Hall–Kier alpha value is -5.57. The molecule has 0 amide bonds. The molecule has 0 aliphatic heterocycles. The number of hydrogen-bond acceptors (Lipinski definition) is 8. The number of H-pyrrole nitrogens is 1. The second-order valence-corrected chi connectivity index (χ2v) is 12.9. The first kappa shape index (κ1) is 35.3. The maximum atomic E-state index is 4.82. The molecule has 8 heterocycles. The van der Waals surface area contributed by atoms with Gasteiger partial charge in [0.1, 0.15) is 5.82 Å². The van der Waals surface area contributed by atoms with Gasteiger partial charge in [-0.1, -0.05) is 30.3 Å². The van der Waals surface area contributed by atoms with E-state index in [-0.39, 0.29) is 19.5 Å². The monoisotopic (exact) mass is 772 g/mol. The fourth-order valence-corrected chi connectivity index (χ4v) is 6.02. The molecule has 0 aliphatic rings. The van der Waals surface area contributed by atoms with Crippen molar-refractivity contribution in [3.8, 4) is 33.5 Å². The van der Waals surface area contributed by atoms with Gasteiger partial charge >= 0.3 is 19.5 Å². The molecule has 1 N–H and O–H groups in total. The number of benzene rings is 1. The average molecular weight is 772 g/mol. The van der Waals surface area contributed by atoms with Crippen LogP contribution in [0.1, 0.15) is 22.3 Å². The predicted molar refractivity (Wildman–Crippen MR) is 204 cm³/mol. The zero-order valence-corrected chi connectivity index (χ0v) is 31.1. The standard InChI is InChI=1S/C17H10N4S.2C12H12N2.Ru/c1-4-10-13(18-7-1)14-11(5-2-8-19-14)16-15(10)20-17(21-16)12-6-3-9-22-12;2*1-9-3-5-11(13-7-9)12-6-4-10(2)8-14-12;/h1-9H,(H,20,21);2*3-8H,1-2H3;/q;;;+3. The van der Waals surface area contributed by atoms with Crippen molar-refractivity contribution in [1.29, 1.82) is 0 Å². The zero-order chi connectivity index (χ0) is 34.5. The molecule has 0 spiro atoms. The van der Waals surface area contributed by atoms with Crippen molar-refractivity contribution in [1.82, 2.24) is 39.9 Å². The van der Waals surface area contributed by atoms with Crippen LogP contribution in [0.5, 0.6) is 0 Å². The third-order valence-electron chi connectivity index (χ3n) is 7.99. The molecule has 10 heteroatoms. The van der Waals surface area contributed by atoms with Crippen LogP contribution in [0.15, 0.2) is 127 Å². The van der Waals surface area contributed by atoms with Gasteiger partial charge < -0.3 is 4.98 Å². The van der Waals surface area contributed by atoms with E-state index < -0.39 is 0 Å². The molecule has 0 atom stereocenters. The van der Waals surface area contributed by atoms with Crippen LogP contribution in [-0.4, -0.2) is 39.9 Å². The number of hydrogen-bond donors (Lipinski definition) is 1. The topological polar surface area (TPSA) is 106 Å². The van der Waals surface area contributed by atoms with Gasteiger partial charge in [0.05, 0.1) is 49.7 Å². The Bertz CT molecular complexity index is 2250. The van der Waals surface area contributed by atoms with Crippen molar-refractivity contribution in [2.45, 2.75) is 27.7 Å². The van der Waals surface area contributed by atoms with Crippen LogP contribution in [0.4, 0.5) is 0 Å². The van der Waals surface area contributed by atoms with Gasteiger partial charge in [-0.3, -0.25) is 29.9 Å². The van der Waals surface area contributed by atoms with Gasteiger partial charge in [0.15, 0.2) is 0 Å².